The van der Waals surface area contributed by atoms with Gasteiger partial charge in [-0.3, -0.25) is 9.59 Å². The molecule has 3 aromatic carbocycles. The van der Waals surface area contributed by atoms with Gasteiger partial charge in [0.05, 0.1) is 18.3 Å². The summed E-state index contributed by atoms with van der Waals surface area (Å²) in [4.78, 5) is 33.2. The fourth-order valence-electron chi connectivity index (χ4n) is 5.20. The number of hydrogen-bond donors (Lipinski definition) is 3. The van der Waals surface area contributed by atoms with Gasteiger partial charge in [0.15, 0.2) is 0 Å². The number of amides is 2. The van der Waals surface area contributed by atoms with E-state index in [4.69, 9.17) is 10.8 Å². The fraction of sp³-hybridized carbons (Fsp3) is 0.306. The van der Waals surface area contributed by atoms with Crippen LogP contribution >= 0.6 is 12.4 Å². The van der Waals surface area contributed by atoms with Gasteiger partial charge in [-0.2, -0.15) is 0 Å². The molecule has 0 radical (unpaired) electrons. The molecule has 0 bridgehead atoms. The Morgan fingerprint density at radius 3 is 2.34 bits per heavy atom. The number of nitrogens with one attached hydrogen (secondary N) is 2. The highest BCUT2D eigenvalue weighted by Gasteiger charge is 2.25. The van der Waals surface area contributed by atoms with E-state index in [1.807, 2.05) is 38.1 Å². The van der Waals surface area contributed by atoms with E-state index in [0.717, 1.165) is 42.2 Å². The summed E-state index contributed by atoms with van der Waals surface area (Å²) in [7, 11) is 0. The summed E-state index contributed by atoms with van der Waals surface area (Å²) < 4.78 is 33.6. The molecule has 0 saturated carbocycles. The summed E-state index contributed by atoms with van der Waals surface area (Å²) >= 11 is 0. The number of aliphatic hydroxyl groups excluding tert-OH is 1. The number of carbonyl (C=O) groups excluding carboxylic acids is 2. The minimum atomic E-state index is -1.16. The second-order valence-corrected chi connectivity index (χ2v) is 11.0. The standard InChI is InChI=1S/C36H38F2N4O4.ClH/c1-4-11-42(12-5-2)36(45)29-19-27(18-28(20-29)35-40-10-13-46-35)34(44)41-32(17-26-15-30(37)21-31(38)16-26)33(43)23-39-22-25-9-7-8-24(6-3)14-25;/h3,7-10,13-16,18-21,32-33,39,43H,4-5,11-12,17,22-23H2,1-2H3,(H,41,44);1H/t32-,33+;/m0./s1. The van der Waals surface area contributed by atoms with Gasteiger partial charge in [0.2, 0.25) is 5.89 Å². The van der Waals surface area contributed by atoms with Crippen LogP contribution in [-0.2, 0) is 13.0 Å². The number of aromatic nitrogens is 1. The summed E-state index contributed by atoms with van der Waals surface area (Å²) in [5, 5.41) is 17.2. The van der Waals surface area contributed by atoms with E-state index in [1.165, 1.54) is 18.5 Å². The maximum atomic E-state index is 14.1. The summed E-state index contributed by atoms with van der Waals surface area (Å²) in [6.45, 7) is 5.50. The average Bonchev–Trinajstić information content (AvgIpc) is 3.59. The van der Waals surface area contributed by atoms with E-state index in [2.05, 4.69) is 21.5 Å². The molecule has 47 heavy (non-hydrogen) atoms. The first-order valence-corrected chi connectivity index (χ1v) is 15.2. The van der Waals surface area contributed by atoms with Crippen molar-refractivity contribution >= 4 is 24.2 Å². The van der Waals surface area contributed by atoms with E-state index >= 15 is 0 Å². The highest BCUT2D eigenvalue weighted by Crippen LogP contribution is 2.23. The molecule has 0 unspecified atom stereocenters. The van der Waals surface area contributed by atoms with Crippen molar-refractivity contribution in [2.75, 3.05) is 19.6 Å². The Morgan fingerprint density at radius 2 is 1.70 bits per heavy atom. The third-order valence-corrected chi connectivity index (χ3v) is 7.33. The van der Waals surface area contributed by atoms with Crippen molar-refractivity contribution in [3.05, 3.63) is 113 Å². The Kier molecular flexibility index (Phi) is 14.1. The van der Waals surface area contributed by atoms with E-state index in [-0.39, 0.29) is 53.9 Å². The average molecular weight is 665 g/mol. The molecule has 0 fully saturated rings. The first kappa shape index (κ1) is 36.9. The molecule has 1 heterocycles. The lowest BCUT2D eigenvalue weighted by atomic mass is 9.99. The minimum absolute atomic E-state index is 0. The molecule has 2 amide bonds. The fourth-order valence-corrected chi connectivity index (χ4v) is 5.20. The molecule has 11 heteroatoms. The van der Waals surface area contributed by atoms with Crippen molar-refractivity contribution in [1.29, 1.82) is 0 Å². The third-order valence-electron chi connectivity index (χ3n) is 7.33. The quantitative estimate of drug-likeness (QED) is 0.139. The first-order chi connectivity index (χ1) is 22.2. The zero-order valence-electron chi connectivity index (χ0n) is 26.3. The van der Waals surface area contributed by atoms with Crippen molar-refractivity contribution in [2.24, 2.45) is 0 Å². The van der Waals surface area contributed by atoms with Crippen LogP contribution in [0.3, 0.4) is 0 Å². The monoisotopic (exact) mass is 664 g/mol. The molecular formula is C36H39ClF2N4O4. The largest absolute Gasteiger partial charge is 0.445 e. The lowest BCUT2D eigenvalue weighted by molar-refractivity contribution is 0.0755. The lowest BCUT2D eigenvalue weighted by Crippen LogP contribution is -2.48. The molecule has 1 aromatic heterocycles. The molecule has 0 aliphatic rings. The van der Waals surface area contributed by atoms with Gasteiger partial charge >= 0.3 is 0 Å². The van der Waals surface area contributed by atoms with Gasteiger partial charge < -0.3 is 25.1 Å². The molecule has 0 spiro atoms. The van der Waals surface area contributed by atoms with Crippen LogP contribution < -0.4 is 10.6 Å². The molecule has 0 saturated heterocycles. The highest BCUT2D eigenvalue weighted by molar-refractivity contribution is 6.01. The van der Waals surface area contributed by atoms with Crippen molar-refractivity contribution in [3.8, 4) is 23.8 Å². The second kappa shape index (κ2) is 18.0. The van der Waals surface area contributed by atoms with Gasteiger partial charge in [-0.05, 0) is 72.9 Å². The molecular weight excluding hydrogens is 626 g/mol. The topological polar surface area (TPSA) is 108 Å². The number of hydrogen-bond acceptors (Lipinski definition) is 6. The number of aliphatic hydroxyl groups is 1. The SMILES string of the molecule is C#Cc1cccc(CNC[C@@H](O)[C@H](Cc2cc(F)cc(F)c2)NC(=O)c2cc(C(=O)N(CCC)CCC)cc(-c3ncco3)c2)c1.Cl. The first-order valence-electron chi connectivity index (χ1n) is 15.2. The third kappa shape index (κ3) is 10.5. The maximum absolute atomic E-state index is 14.1. The van der Waals surface area contributed by atoms with Crippen molar-refractivity contribution in [1.82, 2.24) is 20.5 Å². The minimum Gasteiger partial charge on any atom is -0.445 e. The van der Waals surface area contributed by atoms with Gasteiger partial charge in [0.1, 0.15) is 17.9 Å². The van der Waals surface area contributed by atoms with Crippen molar-refractivity contribution in [2.45, 2.75) is 51.8 Å². The van der Waals surface area contributed by atoms with Crippen LogP contribution in [0.15, 0.2) is 77.5 Å². The summed E-state index contributed by atoms with van der Waals surface area (Å²) in [5.74, 6) is 0.431. The number of terminal acetylenes is 1. The number of benzene rings is 3. The van der Waals surface area contributed by atoms with Crippen LogP contribution in [0.4, 0.5) is 8.78 Å². The zero-order valence-corrected chi connectivity index (χ0v) is 27.2. The number of oxazole rings is 1. The van der Waals surface area contributed by atoms with Crippen LogP contribution in [0.5, 0.6) is 0 Å². The normalized spacial score (nSPS) is 12.0. The van der Waals surface area contributed by atoms with Gasteiger partial charge in [-0.25, -0.2) is 13.8 Å². The lowest BCUT2D eigenvalue weighted by Gasteiger charge is -2.25. The molecule has 4 rings (SSSR count). The van der Waals surface area contributed by atoms with Crippen LogP contribution in [0.25, 0.3) is 11.5 Å². The molecule has 0 aliphatic heterocycles. The Balaban J connectivity index is 0.00000600. The Bertz CT molecular complexity index is 1650. The predicted octanol–water partition coefficient (Wildman–Crippen LogP) is 5.78. The number of carbonyl (C=O) groups is 2. The van der Waals surface area contributed by atoms with Crippen LogP contribution in [0.1, 0.15) is 64.1 Å². The molecule has 8 nitrogen and oxygen atoms in total. The zero-order chi connectivity index (χ0) is 33.1. The van der Waals surface area contributed by atoms with E-state index in [1.54, 1.807) is 17.0 Å². The number of nitrogens with zero attached hydrogens (tertiary/aromatic N) is 2. The summed E-state index contributed by atoms with van der Waals surface area (Å²) in [5.41, 5.74) is 2.71. The van der Waals surface area contributed by atoms with Crippen molar-refractivity contribution < 1.29 is 27.9 Å². The van der Waals surface area contributed by atoms with Gasteiger partial charge in [0.25, 0.3) is 11.8 Å². The number of halogens is 3. The van der Waals surface area contributed by atoms with E-state index in [9.17, 15) is 23.5 Å². The summed E-state index contributed by atoms with van der Waals surface area (Å²) in [6, 6.07) is 14.1. The Labute approximate surface area is 280 Å². The highest BCUT2D eigenvalue weighted by atomic mass is 35.5. The van der Waals surface area contributed by atoms with Gasteiger partial charge in [-0.1, -0.05) is 31.9 Å². The molecule has 4 aromatic rings. The Morgan fingerprint density at radius 1 is 1.00 bits per heavy atom. The molecule has 2 atom stereocenters. The van der Waals surface area contributed by atoms with Gasteiger partial charge in [0, 0.05) is 54.5 Å². The second-order valence-electron chi connectivity index (χ2n) is 11.0. The van der Waals surface area contributed by atoms with E-state index in [0.29, 0.717) is 25.2 Å². The van der Waals surface area contributed by atoms with E-state index < -0.39 is 29.7 Å². The van der Waals surface area contributed by atoms with Crippen LogP contribution in [0.2, 0.25) is 0 Å². The molecule has 0 aliphatic carbocycles. The smallest absolute Gasteiger partial charge is 0.253 e. The Hall–Kier alpha value is -4.56. The maximum Gasteiger partial charge on any atom is 0.253 e. The van der Waals surface area contributed by atoms with Crippen molar-refractivity contribution in [3.63, 3.8) is 0 Å². The van der Waals surface area contributed by atoms with Crippen LogP contribution in [0, 0.1) is 24.0 Å². The number of rotatable bonds is 15. The molecule has 3 N–H and O–H groups in total. The van der Waals surface area contributed by atoms with Gasteiger partial charge in [-0.15, -0.1) is 18.8 Å². The van der Waals surface area contributed by atoms with Crippen LogP contribution in [-0.4, -0.2) is 58.6 Å². The predicted molar refractivity (Wildman–Crippen MR) is 179 cm³/mol. The molecule has 248 valence electrons. The summed E-state index contributed by atoms with van der Waals surface area (Å²) in [6.07, 6.45) is 8.65.